The Balaban J connectivity index is 2.19. The first kappa shape index (κ1) is 15.1. The molecule has 0 aliphatic carbocycles. The highest BCUT2D eigenvalue weighted by Gasteiger charge is 2.05. The molecule has 0 amide bonds. The number of nitrogens with zero attached hydrogens (tertiary/aromatic N) is 1. The van der Waals surface area contributed by atoms with Crippen LogP contribution in [-0.2, 0) is 6.54 Å². The number of pyridine rings is 1. The Morgan fingerprint density at radius 2 is 1.95 bits per heavy atom. The van der Waals surface area contributed by atoms with E-state index in [1.165, 1.54) is 0 Å². The summed E-state index contributed by atoms with van der Waals surface area (Å²) < 4.78 is 5.73. The van der Waals surface area contributed by atoms with Crippen molar-refractivity contribution < 1.29 is 4.74 Å². The highest BCUT2D eigenvalue weighted by atomic mass is 35.5. The van der Waals surface area contributed by atoms with E-state index in [1.807, 2.05) is 19.1 Å². The molecule has 1 N–H and O–H groups in total. The first-order valence-electron chi connectivity index (χ1n) is 6.39. The average Bonchev–Trinajstić information content (AvgIpc) is 2.40. The summed E-state index contributed by atoms with van der Waals surface area (Å²) in [6.07, 6.45) is 0. The minimum Gasteiger partial charge on any atom is -0.439 e. The van der Waals surface area contributed by atoms with Crippen molar-refractivity contribution in [3.8, 4) is 11.6 Å². The molecule has 0 aliphatic heterocycles. The van der Waals surface area contributed by atoms with Crippen molar-refractivity contribution >= 4 is 23.2 Å². The molecular weight excluding hydrogens is 295 g/mol. The minimum absolute atomic E-state index is 0.463. The van der Waals surface area contributed by atoms with E-state index in [0.29, 0.717) is 21.7 Å². The van der Waals surface area contributed by atoms with Gasteiger partial charge >= 0.3 is 0 Å². The third-order valence-corrected chi connectivity index (χ3v) is 3.42. The molecule has 1 aromatic carbocycles. The number of halogens is 2. The fourth-order valence-electron chi connectivity index (χ4n) is 1.79. The second-order valence-corrected chi connectivity index (χ2v) is 5.23. The Bertz CT molecular complexity index is 602. The van der Waals surface area contributed by atoms with E-state index in [2.05, 4.69) is 17.2 Å². The summed E-state index contributed by atoms with van der Waals surface area (Å²) in [6, 6.07) is 9.09. The van der Waals surface area contributed by atoms with Gasteiger partial charge in [0.1, 0.15) is 5.75 Å². The van der Waals surface area contributed by atoms with Crippen molar-refractivity contribution in [2.24, 2.45) is 0 Å². The van der Waals surface area contributed by atoms with E-state index >= 15 is 0 Å². The van der Waals surface area contributed by atoms with Crippen LogP contribution < -0.4 is 10.1 Å². The van der Waals surface area contributed by atoms with Crippen LogP contribution in [0.15, 0.2) is 30.3 Å². The molecule has 0 bridgehead atoms. The van der Waals surface area contributed by atoms with Crippen molar-refractivity contribution in [2.45, 2.75) is 20.4 Å². The number of ether oxygens (including phenoxy) is 1. The molecular formula is C15H16Cl2N2O. The van der Waals surface area contributed by atoms with Gasteiger partial charge in [-0.2, -0.15) is 0 Å². The van der Waals surface area contributed by atoms with Gasteiger partial charge in [-0.05, 0) is 37.2 Å². The molecule has 0 saturated heterocycles. The van der Waals surface area contributed by atoms with Gasteiger partial charge in [-0.15, -0.1) is 0 Å². The molecule has 2 rings (SSSR count). The second-order valence-electron chi connectivity index (χ2n) is 4.41. The predicted molar refractivity (Wildman–Crippen MR) is 82.9 cm³/mol. The lowest BCUT2D eigenvalue weighted by Crippen LogP contribution is -2.12. The normalized spacial score (nSPS) is 10.6. The van der Waals surface area contributed by atoms with E-state index in [1.54, 1.807) is 18.2 Å². The fourth-order valence-corrected chi connectivity index (χ4v) is 2.08. The maximum atomic E-state index is 5.97. The van der Waals surface area contributed by atoms with E-state index < -0.39 is 0 Å². The highest BCUT2D eigenvalue weighted by molar-refractivity contribution is 6.42. The Labute approximate surface area is 128 Å². The molecule has 5 heteroatoms. The quantitative estimate of drug-likeness (QED) is 0.876. The van der Waals surface area contributed by atoms with Crippen LogP contribution in [0, 0.1) is 6.92 Å². The van der Waals surface area contributed by atoms with Crippen LogP contribution in [0.5, 0.6) is 11.6 Å². The molecule has 1 heterocycles. The average molecular weight is 311 g/mol. The Morgan fingerprint density at radius 1 is 1.15 bits per heavy atom. The summed E-state index contributed by atoms with van der Waals surface area (Å²) in [7, 11) is 0. The van der Waals surface area contributed by atoms with Gasteiger partial charge in [0.2, 0.25) is 5.88 Å². The predicted octanol–water partition coefficient (Wildman–Crippen LogP) is 4.60. The van der Waals surface area contributed by atoms with Crippen LogP contribution in [0.25, 0.3) is 0 Å². The molecule has 2 aromatic rings. The Morgan fingerprint density at radius 3 is 2.65 bits per heavy atom. The lowest BCUT2D eigenvalue weighted by molar-refractivity contribution is 0.460. The van der Waals surface area contributed by atoms with Crippen molar-refractivity contribution in [1.82, 2.24) is 10.3 Å². The maximum absolute atomic E-state index is 5.97. The molecule has 3 nitrogen and oxygen atoms in total. The zero-order chi connectivity index (χ0) is 14.5. The van der Waals surface area contributed by atoms with Gasteiger partial charge in [0.15, 0.2) is 0 Å². The van der Waals surface area contributed by atoms with Crippen LogP contribution in [0.3, 0.4) is 0 Å². The summed E-state index contributed by atoms with van der Waals surface area (Å²) >= 11 is 11.8. The largest absolute Gasteiger partial charge is 0.439 e. The second kappa shape index (κ2) is 6.93. The summed E-state index contributed by atoms with van der Waals surface area (Å²) in [5.74, 6) is 1.17. The minimum atomic E-state index is 0.463. The topological polar surface area (TPSA) is 34.2 Å². The monoisotopic (exact) mass is 310 g/mol. The molecule has 20 heavy (non-hydrogen) atoms. The van der Waals surface area contributed by atoms with Gasteiger partial charge in [-0.25, -0.2) is 4.98 Å². The van der Waals surface area contributed by atoms with Crippen molar-refractivity contribution in [3.05, 3.63) is 51.6 Å². The summed E-state index contributed by atoms with van der Waals surface area (Å²) in [4.78, 5) is 4.36. The zero-order valence-corrected chi connectivity index (χ0v) is 12.9. The van der Waals surface area contributed by atoms with Gasteiger partial charge in [0.25, 0.3) is 0 Å². The third-order valence-electron chi connectivity index (χ3n) is 2.68. The van der Waals surface area contributed by atoms with Crippen molar-refractivity contribution in [1.29, 1.82) is 0 Å². The van der Waals surface area contributed by atoms with Gasteiger partial charge in [-0.1, -0.05) is 30.1 Å². The number of aryl methyl sites for hydroxylation is 1. The number of hydrogen-bond acceptors (Lipinski definition) is 3. The smallest absolute Gasteiger partial charge is 0.219 e. The number of benzene rings is 1. The standard InChI is InChI=1S/C15H16Cl2N2O/c1-3-18-9-11-6-10(2)19-15(7-11)20-12-4-5-13(16)14(17)8-12/h4-8,18H,3,9H2,1-2H3. The highest BCUT2D eigenvalue weighted by Crippen LogP contribution is 2.29. The van der Waals surface area contributed by atoms with E-state index in [0.717, 1.165) is 24.3 Å². The van der Waals surface area contributed by atoms with Crippen LogP contribution in [-0.4, -0.2) is 11.5 Å². The maximum Gasteiger partial charge on any atom is 0.219 e. The van der Waals surface area contributed by atoms with Gasteiger partial charge in [0, 0.05) is 24.4 Å². The Hall–Kier alpha value is -1.29. The molecule has 0 radical (unpaired) electrons. The molecule has 0 unspecified atom stereocenters. The molecule has 0 saturated carbocycles. The number of hydrogen-bond donors (Lipinski definition) is 1. The zero-order valence-electron chi connectivity index (χ0n) is 11.4. The lowest BCUT2D eigenvalue weighted by atomic mass is 10.2. The fraction of sp³-hybridized carbons (Fsp3) is 0.267. The molecule has 1 aromatic heterocycles. The van der Waals surface area contributed by atoms with Gasteiger partial charge < -0.3 is 10.1 Å². The number of rotatable bonds is 5. The summed E-state index contributed by atoms with van der Waals surface area (Å²) in [5, 5.41) is 4.24. The van der Waals surface area contributed by atoms with Crippen LogP contribution in [0.1, 0.15) is 18.2 Å². The van der Waals surface area contributed by atoms with Gasteiger partial charge in [-0.3, -0.25) is 0 Å². The summed E-state index contributed by atoms with van der Waals surface area (Å²) in [5.41, 5.74) is 2.05. The van der Waals surface area contributed by atoms with Crippen LogP contribution in [0.4, 0.5) is 0 Å². The molecule has 0 fully saturated rings. The van der Waals surface area contributed by atoms with E-state index in [9.17, 15) is 0 Å². The first-order valence-corrected chi connectivity index (χ1v) is 7.15. The first-order chi connectivity index (χ1) is 9.58. The van der Waals surface area contributed by atoms with Crippen molar-refractivity contribution in [3.63, 3.8) is 0 Å². The molecule has 0 spiro atoms. The molecule has 0 aliphatic rings. The lowest BCUT2D eigenvalue weighted by Gasteiger charge is -2.09. The summed E-state index contributed by atoms with van der Waals surface area (Å²) in [6.45, 7) is 5.72. The Kier molecular flexibility index (Phi) is 5.24. The number of nitrogens with one attached hydrogen (secondary N) is 1. The number of aromatic nitrogens is 1. The van der Waals surface area contributed by atoms with Gasteiger partial charge in [0.05, 0.1) is 10.0 Å². The molecule has 0 atom stereocenters. The van der Waals surface area contributed by atoms with E-state index in [-0.39, 0.29) is 0 Å². The van der Waals surface area contributed by atoms with Crippen molar-refractivity contribution in [2.75, 3.05) is 6.54 Å². The van der Waals surface area contributed by atoms with Crippen LogP contribution in [0.2, 0.25) is 10.0 Å². The third kappa shape index (κ3) is 4.10. The SMILES string of the molecule is CCNCc1cc(C)nc(Oc2ccc(Cl)c(Cl)c2)c1. The van der Waals surface area contributed by atoms with Crippen LogP contribution >= 0.6 is 23.2 Å². The molecule has 106 valence electrons. The van der Waals surface area contributed by atoms with E-state index in [4.69, 9.17) is 27.9 Å².